The first-order chi connectivity index (χ1) is 11.5. The van der Waals surface area contributed by atoms with Crippen molar-refractivity contribution in [3.8, 4) is 5.75 Å². The van der Waals surface area contributed by atoms with E-state index in [1.165, 1.54) is 24.3 Å². The minimum atomic E-state index is -3.32. The van der Waals surface area contributed by atoms with E-state index in [0.717, 1.165) is 12.8 Å². The van der Waals surface area contributed by atoms with E-state index in [9.17, 15) is 13.2 Å². The lowest BCUT2D eigenvalue weighted by molar-refractivity contribution is 0.0732. The minimum Gasteiger partial charge on any atom is -0.420 e. The van der Waals surface area contributed by atoms with Crippen LogP contribution in [-0.2, 0) is 9.84 Å². The molecule has 1 saturated carbocycles. The van der Waals surface area contributed by atoms with Gasteiger partial charge in [-0.05, 0) is 65.2 Å². The molecular weight excluding hydrogens is 394 g/mol. The van der Waals surface area contributed by atoms with Crippen LogP contribution in [0.15, 0.2) is 52.1 Å². The molecule has 5 nitrogen and oxygen atoms in total. The molecule has 0 spiro atoms. The van der Waals surface area contributed by atoms with Gasteiger partial charge < -0.3 is 4.74 Å². The van der Waals surface area contributed by atoms with Crippen LogP contribution in [-0.4, -0.2) is 24.6 Å². The molecule has 24 heavy (non-hydrogen) atoms. The Labute approximate surface area is 149 Å². The second-order valence-electron chi connectivity index (χ2n) is 5.66. The molecule has 0 aliphatic heterocycles. The Kier molecular flexibility index (Phi) is 5.01. The lowest BCUT2D eigenvalue weighted by Gasteiger charge is -2.11. The average molecular weight is 410 g/mol. The molecule has 1 fully saturated rings. The molecule has 0 saturated heterocycles. The second kappa shape index (κ2) is 7.03. The number of carbonyl (C=O) groups is 1. The predicted octanol–water partition coefficient (Wildman–Crippen LogP) is 3.78. The quantitative estimate of drug-likeness (QED) is 0.567. The lowest BCUT2D eigenvalue weighted by Crippen LogP contribution is -2.18. The topological polar surface area (TPSA) is 73.3 Å². The van der Waals surface area contributed by atoms with Gasteiger partial charge in [0.1, 0.15) is 4.60 Å². The lowest BCUT2D eigenvalue weighted by atomic mass is 10.2. The molecule has 0 amide bonds. The zero-order chi connectivity index (χ0) is 17.2. The van der Waals surface area contributed by atoms with Crippen molar-refractivity contribution in [2.24, 2.45) is 0 Å². The summed E-state index contributed by atoms with van der Waals surface area (Å²) in [4.78, 5) is 16.4. The Morgan fingerprint density at radius 2 is 1.79 bits per heavy atom. The van der Waals surface area contributed by atoms with Crippen molar-refractivity contribution in [3.05, 3.63) is 52.8 Å². The van der Waals surface area contributed by atoms with Crippen LogP contribution in [0.2, 0.25) is 0 Å². The van der Waals surface area contributed by atoms with Crippen LogP contribution in [0.5, 0.6) is 5.75 Å². The maximum Gasteiger partial charge on any atom is 0.343 e. The third-order valence-corrected chi connectivity index (χ3v) is 6.96. The Morgan fingerprint density at radius 1 is 1.12 bits per heavy atom. The number of hydrogen-bond acceptors (Lipinski definition) is 5. The Bertz CT molecular complexity index is 843. The van der Waals surface area contributed by atoms with Crippen LogP contribution in [0.4, 0.5) is 0 Å². The number of rotatable bonds is 4. The molecule has 0 N–H and O–H groups in total. The van der Waals surface area contributed by atoms with Gasteiger partial charge in [0.2, 0.25) is 0 Å². The molecule has 1 heterocycles. The summed E-state index contributed by atoms with van der Waals surface area (Å²) in [5, 5.41) is -0.304. The zero-order valence-electron chi connectivity index (χ0n) is 12.8. The van der Waals surface area contributed by atoms with Gasteiger partial charge in [0.15, 0.2) is 15.6 Å². The maximum absolute atomic E-state index is 12.5. The molecule has 0 unspecified atom stereocenters. The number of esters is 1. The van der Waals surface area contributed by atoms with E-state index >= 15 is 0 Å². The van der Waals surface area contributed by atoms with Gasteiger partial charge in [-0.25, -0.2) is 18.2 Å². The molecule has 0 atom stereocenters. The van der Waals surface area contributed by atoms with Crippen LogP contribution < -0.4 is 4.74 Å². The SMILES string of the molecule is O=C(Oc1cccnc1Br)c1ccc(S(=O)(=O)C2CCCC2)cc1. The number of carbonyl (C=O) groups excluding carboxylic acids is 1. The van der Waals surface area contributed by atoms with E-state index < -0.39 is 15.8 Å². The first kappa shape index (κ1) is 17.1. The highest BCUT2D eigenvalue weighted by atomic mass is 79.9. The van der Waals surface area contributed by atoms with Crippen molar-refractivity contribution in [2.45, 2.75) is 35.8 Å². The van der Waals surface area contributed by atoms with Gasteiger partial charge in [-0.3, -0.25) is 0 Å². The number of benzene rings is 1. The van der Waals surface area contributed by atoms with E-state index in [4.69, 9.17) is 4.74 Å². The summed E-state index contributed by atoms with van der Waals surface area (Å²) >= 11 is 3.21. The maximum atomic E-state index is 12.5. The van der Waals surface area contributed by atoms with E-state index in [-0.39, 0.29) is 15.7 Å². The number of nitrogens with zero attached hydrogens (tertiary/aromatic N) is 1. The summed E-state index contributed by atoms with van der Waals surface area (Å²) in [7, 11) is -3.32. The summed E-state index contributed by atoms with van der Waals surface area (Å²) in [5.74, 6) is -0.251. The standard InChI is InChI=1S/C17H16BrNO4S/c18-16-15(6-3-11-19-16)23-17(20)12-7-9-14(10-8-12)24(21,22)13-4-1-2-5-13/h3,6-11,13H,1-2,4-5H2. The highest BCUT2D eigenvalue weighted by Crippen LogP contribution is 2.30. The summed E-state index contributed by atoms with van der Waals surface area (Å²) < 4.78 is 30.7. The predicted molar refractivity (Wildman–Crippen MR) is 92.8 cm³/mol. The van der Waals surface area contributed by atoms with Crippen molar-refractivity contribution in [1.29, 1.82) is 0 Å². The van der Waals surface area contributed by atoms with Crippen LogP contribution in [0.25, 0.3) is 0 Å². The van der Waals surface area contributed by atoms with Crippen molar-refractivity contribution in [3.63, 3.8) is 0 Å². The largest absolute Gasteiger partial charge is 0.420 e. The highest BCUT2D eigenvalue weighted by molar-refractivity contribution is 9.10. The highest BCUT2D eigenvalue weighted by Gasteiger charge is 2.30. The smallest absolute Gasteiger partial charge is 0.343 e. The monoisotopic (exact) mass is 409 g/mol. The van der Waals surface area contributed by atoms with Gasteiger partial charge in [0, 0.05) is 6.20 Å². The van der Waals surface area contributed by atoms with Gasteiger partial charge in [-0.15, -0.1) is 0 Å². The van der Waals surface area contributed by atoms with Crippen molar-refractivity contribution in [1.82, 2.24) is 4.98 Å². The van der Waals surface area contributed by atoms with Crippen LogP contribution in [0, 0.1) is 0 Å². The molecule has 1 aromatic carbocycles. The first-order valence-electron chi connectivity index (χ1n) is 7.65. The van der Waals surface area contributed by atoms with E-state index in [2.05, 4.69) is 20.9 Å². The average Bonchev–Trinajstić information content (AvgIpc) is 3.12. The molecule has 126 valence electrons. The molecule has 1 aliphatic rings. The number of halogens is 1. The normalized spacial score (nSPS) is 15.4. The van der Waals surface area contributed by atoms with Gasteiger partial charge in [-0.2, -0.15) is 0 Å². The fourth-order valence-corrected chi connectivity index (χ4v) is 4.96. The molecular formula is C17H16BrNO4S. The summed E-state index contributed by atoms with van der Waals surface area (Å²) in [6.07, 6.45) is 4.90. The third-order valence-electron chi connectivity index (χ3n) is 4.09. The molecule has 1 aromatic heterocycles. The Balaban J connectivity index is 1.77. The fraction of sp³-hybridized carbons (Fsp3) is 0.294. The second-order valence-corrected chi connectivity index (χ2v) is 8.64. The van der Waals surface area contributed by atoms with Gasteiger partial charge in [0.25, 0.3) is 0 Å². The minimum absolute atomic E-state index is 0.258. The Morgan fingerprint density at radius 3 is 2.42 bits per heavy atom. The van der Waals surface area contributed by atoms with Crippen LogP contribution >= 0.6 is 15.9 Å². The van der Waals surface area contributed by atoms with Crippen LogP contribution in [0.3, 0.4) is 0 Å². The van der Waals surface area contributed by atoms with Crippen molar-refractivity contribution in [2.75, 3.05) is 0 Å². The van der Waals surface area contributed by atoms with E-state index in [1.807, 2.05) is 0 Å². The third kappa shape index (κ3) is 3.52. The zero-order valence-corrected chi connectivity index (χ0v) is 15.2. The number of pyridine rings is 1. The van der Waals surface area contributed by atoms with E-state index in [0.29, 0.717) is 23.2 Å². The first-order valence-corrected chi connectivity index (χ1v) is 9.99. The molecule has 0 bridgehead atoms. The van der Waals surface area contributed by atoms with Gasteiger partial charge >= 0.3 is 5.97 Å². The molecule has 0 radical (unpaired) electrons. The van der Waals surface area contributed by atoms with Crippen LogP contribution in [0.1, 0.15) is 36.0 Å². The summed E-state index contributed by atoms with van der Waals surface area (Å²) in [6.45, 7) is 0. The fourth-order valence-electron chi connectivity index (χ4n) is 2.78. The van der Waals surface area contributed by atoms with Gasteiger partial charge in [0.05, 0.1) is 15.7 Å². The summed E-state index contributed by atoms with van der Waals surface area (Å²) in [6, 6.07) is 9.19. The van der Waals surface area contributed by atoms with Gasteiger partial charge in [-0.1, -0.05) is 12.8 Å². The van der Waals surface area contributed by atoms with E-state index in [1.54, 1.807) is 18.3 Å². The molecule has 3 rings (SSSR count). The summed E-state index contributed by atoms with van der Waals surface area (Å²) in [5.41, 5.74) is 0.288. The number of aromatic nitrogens is 1. The number of hydrogen-bond donors (Lipinski definition) is 0. The molecule has 2 aromatic rings. The molecule has 7 heteroatoms. The number of ether oxygens (including phenoxy) is 1. The number of sulfone groups is 1. The van der Waals surface area contributed by atoms with Crippen molar-refractivity contribution < 1.29 is 17.9 Å². The Hall–Kier alpha value is -1.73. The molecule has 1 aliphatic carbocycles. The van der Waals surface area contributed by atoms with Crippen molar-refractivity contribution >= 4 is 31.7 Å².